The summed E-state index contributed by atoms with van der Waals surface area (Å²) < 4.78 is 1.07. The van der Waals surface area contributed by atoms with Crippen LogP contribution in [-0.4, -0.2) is 11.8 Å². The van der Waals surface area contributed by atoms with Crippen molar-refractivity contribution < 1.29 is 9.59 Å². The molecule has 0 aliphatic carbocycles. The number of nitrogens with zero attached hydrogens (tertiary/aromatic N) is 1. The fraction of sp³-hybridized carbons (Fsp3) is 0. The van der Waals surface area contributed by atoms with Crippen LogP contribution in [0.15, 0.2) is 47.4 Å². The van der Waals surface area contributed by atoms with Gasteiger partial charge in [-0.3, -0.25) is 15.0 Å². The average molecular weight is 396 g/mol. The Kier molecular flexibility index (Phi) is 3.58. The Morgan fingerprint density at radius 1 is 1.15 bits per heavy atom. The maximum atomic E-state index is 12.3. The zero-order chi connectivity index (χ0) is 14.1. The van der Waals surface area contributed by atoms with Crippen molar-refractivity contribution in [1.82, 2.24) is 5.43 Å². The molecule has 1 N–H and O–H groups in total. The van der Waals surface area contributed by atoms with Gasteiger partial charge in [0, 0.05) is 8.45 Å². The monoisotopic (exact) mass is 396 g/mol. The van der Waals surface area contributed by atoms with Crippen LogP contribution in [0.2, 0.25) is 0 Å². The second kappa shape index (κ2) is 5.37. The first-order valence-electron chi connectivity index (χ1n) is 5.81. The van der Waals surface area contributed by atoms with E-state index >= 15 is 0 Å². The highest BCUT2D eigenvalue weighted by Gasteiger charge is 2.34. The molecule has 1 aliphatic rings. The molecule has 0 radical (unpaired) electrons. The van der Waals surface area contributed by atoms with E-state index in [9.17, 15) is 9.59 Å². The van der Waals surface area contributed by atoms with Crippen molar-refractivity contribution in [3.05, 3.63) is 55.8 Å². The van der Waals surface area contributed by atoms with Gasteiger partial charge in [-0.05, 0) is 64.4 Å². The van der Waals surface area contributed by atoms with Crippen molar-refractivity contribution in [2.24, 2.45) is 0 Å². The van der Waals surface area contributed by atoms with Crippen LogP contribution in [0.25, 0.3) is 6.08 Å². The van der Waals surface area contributed by atoms with Gasteiger partial charge in [-0.25, -0.2) is 5.01 Å². The number of anilines is 1. The first-order chi connectivity index (χ1) is 9.65. The number of hydrazine groups is 1. The zero-order valence-corrected chi connectivity index (χ0v) is 13.1. The predicted octanol–water partition coefficient (Wildman–Crippen LogP) is 2.81. The predicted molar refractivity (Wildman–Crippen MR) is 87.1 cm³/mol. The number of nitrogens with one attached hydrogen (secondary N) is 1. The average Bonchev–Trinajstić information content (AvgIpc) is 3.04. The van der Waals surface area contributed by atoms with Gasteiger partial charge in [-0.1, -0.05) is 6.07 Å². The third-order valence-corrected chi connectivity index (χ3v) is 4.34. The molecule has 2 heterocycles. The van der Waals surface area contributed by atoms with E-state index in [1.165, 1.54) is 16.3 Å². The molecule has 0 bridgehead atoms. The minimum Gasteiger partial charge on any atom is -0.267 e. The second-order valence-corrected chi connectivity index (χ2v) is 6.36. The normalized spacial score (nSPS) is 16.9. The molecule has 0 atom stereocenters. The minimum absolute atomic E-state index is 0.158. The maximum Gasteiger partial charge on any atom is 0.282 e. The van der Waals surface area contributed by atoms with E-state index in [-0.39, 0.29) is 17.4 Å². The molecule has 20 heavy (non-hydrogen) atoms. The van der Waals surface area contributed by atoms with Crippen molar-refractivity contribution in [2.75, 3.05) is 5.01 Å². The van der Waals surface area contributed by atoms with Crippen molar-refractivity contribution in [3.8, 4) is 0 Å². The Morgan fingerprint density at radius 2 is 1.90 bits per heavy atom. The molecule has 0 spiro atoms. The summed E-state index contributed by atoms with van der Waals surface area (Å²) in [6, 6.07) is 11.1. The number of halogens is 1. The fourth-order valence-electron chi connectivity index (χ4n) is 1.85. The van der Waals surface area contributed by atoms with E-state index in [0.717, 1.165) is 8.45 Å². The molecule has 4 nitrogen and oxygen atoms in total. The smallest absolute Gasteiger partial charge is 0.267 e. The van der Waals surface area contributed by atoms with Gasteiger partial charge in [0.15, 0.2) is 0 Å². The summed E-state index contributed by atoms with van der Waals surface area (Å²) in [4.78, 5) is 25.1. The third kappa shape index (κ3) is 2.48. The highest BCUT2D eigenvalue weighted by Crippen LogP contribution is 2.23. The summed E-state index contributed by atoms with van der Waals surface area (Å²) in [7, 11) is 0. The van der Waals surface area contributed by atoms with Crippen molar-refractivity contribution >= 4 is 57.5 Å². The molecule has 1 aromatic heterocycles. The fourth-order valence-corrected chi connectivity index (χ4v) is 2.86. The highest BCUT2D eigenvalue weighted by atomic mass is 127. The van der Waals surface area contributed by atoms with Gasteiger partial charge in [0.25, 0.3) is 11.8 Å². The molecule has 1 aliphatic heterocycles. The molecule has 3 rings (SSSR count). The van der Waals surface area contributed by atoms with Gasteiger partial charge in [0.2, 0.25) is 0 Å². The number of carbonyl (C=O) groups excluding carboxylic acids is 2. The molecule has 0 saturated carbocycles. The van der Waals surface area contributed by atoms with Crippen molar-refractivity contribution in [2.45, 2.75) is 0 Å². The quantitative estimate of drug-likeness (QED) is 0.482. The number of hydrogen-bond acceptors (Lipinski definition) is 3. The standard InChI is InChI=1S/C14H9IN2O2S/c15-9-3-5-10(6-4-9)17-14(19)12(13(18)16-17)8-11-2-1-7-20-11/h1-8H,(H,16,18)/b12-8-. The lowest BCUT2D eigenvalue weighted by atomic mass is 10.2. The van der Waals surface area contributed by atoms with Gasteiger partial charge in [0.05, 0.1) is 5.69 Å². The van der Waals surface area contributed by atoms with E-state index in [0.29, 0.717) is 5.69 Å². The summed E-state index contributed by atoms with van der Waals surface area (Å²) in [5.41, 5.74) is 3.39. The van der Waals surface area contributed by atoms with Crippen LogP contribution in [-0.2, 0) is 9.59 Å². The van der Waals surface area contributed by atoms with E-state index in [2.05, 4.69) is 28.0 Å². The lowest BCUT2D eigenvalue weighted by Crippen LogP contribution is -2.35. The Morgan fingerprint density at radius 3 is 2.55 bits per heavy atom. The van der Waals surface area contributed by atoms with E-state index in [1.54, 1.807) is 18.2 Å². The topological polar surface area (TPSA) is 49.4 Å². The molecule has 6 heteroatoms. The van der Waals surface area contributed by atoms with E-state index < -0.39 is 0 Å². The van der Waals surface area contributed by atoms with Crippen molar-refractivity contribution in [3.63, 3.8) is 0 Å². The summed E-state index contributed by atoms with van der Waals surface area (Å²) in [5, 5.41) is 3.18. The zero-order valence-electron chi connectivity index (χ0n) is 10.2. The lowest BCUT2D eigenvalue weighted by molar-refractivity contribution is -0.117. The number of carbonyl (C=O) groups is 2. The number of thiophene rings is 1. The maximum absolute atomic E-state index is 12.3. The number of rotatable bonds is 2. The van der Waals surface area contributed by atoms with Crippen molar-refractivity contribution in [1.29, 1.82) is 0 Å². The molecule has 1 fully saturated rings. The molecule has 2 aromatic rings. The molecular formula is C14H9IN2O2S. The van der Waals surface area contributed by atoms with Gasteiger partial charge in [0.1, 0.15) is 5.57 Å². The SMILES string of the molecule is O=C1NN(c2ccc(I)cc2)C(=O)/C1=C\c1cccs1. The Labute approximate surface area is 133 Å². The Hall–Kier alpha value is -1.67. The van der Waals surface area contributed by atoms with Crippen LogP contribution < -0.4 is 10.4 Å². The van der Waals surface area contributed by atoms with Crippen LogP contribution in [0.5, 0.6) is 0 Å². The van der Waals surface area contributed by atoms with Crippen LogP contribution >= 0.6 is 33.9 Å². The van der Waals surface area contributed by atoms with E-state index in [4.69, 9.17) is 0 Å². The highest BCUT2D eigenvalue weighted by molar-refractivity contribution is 14.1. The molecular weight excluding hydrogens is 387 g/mol. The summed E-state index contributed by atoms with van der Waals surface area (Å²) in [5.74, 6) is -0.702. The lowest BCUT2D eigenvalue weighted by Gasteiger charge is -2.14. The van der Waals surface area contributed by atoms with Crippen LogP contribution in [0, 0.1) is 3.57 Å². The van der Waals surface area contributed by atoms with Gasteiger partial charge < -0.3 is 0 Å². The van der Waals surface area contributed by atoms with Gasteiger partial charge >= 0.3 is 0 Å². The molecule has 1 saturated heterocycles. The Balaban J connectivity index is 1.92. The van der Waals surface area contributed by atoms with E-state index in [1.807, 2.05) is 29.6 Å². The molecule has 100 valence electrons. The van der Waals surface area contributed by atoms with Gasteiger partial charge in [-0.15, -0.1) is 11.3 Å². The summed E-state index contributed by atoms with van der Waals surface area (Å²) in [6.45, 7) is 0. The summed E-state index contributed by atoms with van der Waals surface area (Å²) in [6.07, 6.45) is 1.62. The molecule has 0 unspecified atom stereocenters. The van der Waals surface area contributed by atoms with Crippen LogP contribution in [0.1, 0.15) is 4.88 Å². The van der Waals surface area contributed by atoms with Gasteiger partial charge in [-0.2, -0.15) is 0 Å². The largest absolute Gasteiger partial charge is 0.282 e. The van der Waals surface area contributed by atoms with Crippen LogP contribution in [0.4, 0.5) is 5.69 Å². The summed E-state index contributed by atoms with van der Waals surface area (Å²) >= 11 is 3.67. The number of benzene rings is 1. The van der Waals surface area contributed by atoms with Crippen LogP contribution in [0.3, 0.4) is 0 Å². The third-order valence-electron chi connectivity index (χ3n) is 2.81. The second-order valence-electron chi connectivity index (χ2n) is 4.13. The first kappa shape index (κ1) is 13.3. The molecule has 1 aromatic carbocycles. The molecule has 2 amide bonds. The number of amides is 2. The number of hydrogen-bond donors (Lipinski definition) is 1. The first-order valence-corrected chi connectivity index (χ1v) is 7.77. The minimum atomic E-state index is -0.373. The Bertz CT molecular complexity index is 692.